The van der Waals surface area contributed by atoms with Gasteiger partial charge in [0.1, 0.15) is 17.1 Å². The van der Waals surface area contributed by atoms with Gasteiger partial charge in [-0.2, -0.15) is 0 Å². The van der Waals surface area contributed by atoms with Gasteiger partial charge in [-0.05, 0) is 56.2 Å². The Labute approximate surface area is 169 Å². The van der Waals surface area contributed by atoms with Crippen molar-refractivity contribution in [3.8, 4) is 11.5 Å². The predicted octanol–water partition coefficient (Wildman–Crippen LogP) is 4.39. The molecule has 0 atom stereocenters. The molecule has 29 heavy (non-hydrogen) atoms. The van der Waals surface area contributed by atoms with E-state index in [2.05, 4.69) is 5.32 Å². The Balaban J connectivity index is 1.72. The third-order valence-corrected chi connectivity index (χ3v) is 5.57. The van der Waals surface area contributed by atoms with Gasteiger partial charge in [0.05, 0.1) is 19.7 Å². The number of carbonyl (C=O) groups is 2. The summed E-state index contributed by atoms with van der Waals surface area (Å²) < 4.78 is 12.4. The fourth-order valence-electron chi connectivity index (χ4n) is 3.79. The molecule has 3 aromatic rings. The summed E-state index contributed by atoms with van der Waals surface area (Å²) in [5.74, 6) is 0.885. The monoisotopic (exact) mass is 392 g/mol. The number of aryl methyl sites for hydroxylation is 1. The van der Waals surface area contributed by atoms with Crippen molar-refractivity contribution in [2.75, 3.05) is 19.5 Å². The van der Waals surface area contributed by atoms with Crippen LogP contribution in [0.1, 0.15) is 35.3 Å². The SMILES string of the molecule is COc1cccc(OC)c1C(=O)n1c(C)cc2cc(NC(=O)C3CCC3)ccc21. The zero-order chi connectivity index (χ0) is 20.5. The molecule has 0 unspecified atom stereocenters. The second kappa shape index (κ2) is 7.62. The first-order valence-electron chi connectivity index (χ1n) is 9.72. The quantitative estimate of drug-likeness (QED) is 0.699. The Kier molecular flexibility index (Phi) is 5.01. The van der Waals surface area contributed by atoms with E-state index in [9.17, 15) is 9.59 Å². The number of anilines is 1. The lowest BCUT2D eigenvalue weighted by atomic mass is 9.85. The molecule has 1 heterocycles. The molecule has 1 aromatic heterocycles. The minimum atomic E-state index is -0.224. The van der Waals surface area contributed by atoms with Crippen molar-refractivity contribution in [3.63, 3.8) is 0 Å². The van der Waals surface area contributed by atoms with Crippen LogP contribution in [0, 0.1) is 12.8 Å². The molecule has 1 aliphatic carbocycles. The molecule has 1 aliphatic rings. The number of nitrogens with one attached hydrogen (secondary N) is 1. The highest BCUT2D eigenvalue weighted by molar-refractivity contribution is 6.07. The largest absolute Gasteiger partial charge is 0.496 e. The van der Waals surface area contributed by atoms with E-state index in [0.717, 1.165) is 41.5 Å². The molecule has 0 aliphatic heterocycles. The molecule has 6 heteroatoms. The van der Waals surface area contributed by atoms with Crippen molar-refractivity contribution in [1.82, 2.24) is 4.57 Å². The van der Waals surface area contributed by atoms with Gasteiger partial charge in [0, 0.05) is 22.7 Å². The summed E-state index contributed by atoms with van der Waals surface area (Å²) in [5.41, 5.74) is 2.68. The van der Waals surface area contributed by atoms with Crippen LogP contribution in [0.5, 0.6) is 11.5 Å². The van der Waals surface area contributed by atoms with Crippen molar-refractivity contribution >= 4 is 28.4 Å². The molecule has 0 radical (unpaired) electrons. The lowest BCUT2D eigenvalue weighted by Gasteiger charge is -2.24. The Morgan fingerprint density at radius 3 is 2.31 bits per heavy atom. The molecule has 1 fully saturated rings. The minimum absolute atomic E-state index is 0.0709. The number of fused-ring (bicyclic) bond motifs is 1. The first kappa shape index (κ1) is 19.1. The normalized spacial score (nSPS) is 13.8. The smallest absolute Gasteiger partial charge is 0.270 e. The van der Waals surface area contributed by atoms with Crippen LogP contribution in [-0.4, -0.2) is 30.6 Å². The zero-order valence-electron chi connectivity index (χ0n) is 16.8. The van der Waals surface area contributed by atoms with Crippen LogP contribution in [0.4, 0.5) is 5.69 Å². The number of nitrogens with zero attached hydrogens (tertiary/aromatic N) is 1. The lowest BCUT2D eigenvalue weighted by Crippen LogP contribution is -2.27. The van der Waals surface area contributed by atoms with Crippen LogP contribution in [0.3, 0.4) is 0 Å². The molecule has 1 N–H and O–H groups in total. The molecule has 0 spiro atoms. The van der Waals surface area contributed by atoms with Crippen LogP contribution < -0.4 is 14.8 Å². The highest BCUT2D eigenvalue weighted by Crippen LogP contribution is 2.32. The van der Waals surface area contributed by atoms with E-state index >= 15 is 0 Å². The Hall–Kier alpha value is -3.28. The maximum atomic E-state index is 13.4. The fourth-order valence-corrected chi connectivity index (χ4v) is 3.79. The lowest BCUT2D eigenvalue weighted by molar-refractivity contribution is -0.122. The van der Waals surface area contributed by atoms with Gasteiger partial charge in [0.15, 0.2) is 0 Å². The molecule has 1 saturated carbocycles. The third-order valence-electron chi connectivity index (χ3n) is 5.57. The van der Waals surface area contributed by atoms with Crippen LogP contribution in [0.25, 0.3) is 10.9 Å². The van der Waals surface area contributed by atoms with E-state index in [-0.39, 0.29) is 17.7 Å². The molecule has 150 valence electrons. The molecule has 6 nitrogen and oxygen atoms in total. The highest BCUT2D eigenvalue weighted by Gasteiger charge is 2.26. The zero-order valence-corrected chi connectivity index (χ0v) is 16.8. The number of carbonyl (C=O) groups excluding carboxylic acids is 2. The van der Waals surface area contributed by atoms with Crippen LogP contribution in [0.2, 0.25) is 0 Å². The van der Waals surface area contributed by atoms with Gasteiger partial charge in [-0.25, -0.2) is 0 Å². The van der Waals surface area contributed by atoms with Gasteiger partial charge in [-0.15, -0.1) is 0 Å². The van der Waals surface area contributed by atoms with E-state index in [1.807, 2.05) is 31.2 Å². The second-order valence-electron chi connectivity index (χ2n) is 7.35. The van der Waals surface area contributed by atoms with E-state index < -0.39 is 0 Å². The van der Waals surface area contributed by atoms with Crippen LogP contribution in [-0.2, 0) is 4.79 Å². The molecule has 2 aromatic carbocycles. The second-order valence-corrected chi connectivity index (χ2v) is 7.35. The standard InChI is InChI=1S/C23H24N2O4/c1-14-12-16-13-17(24-22(26)15-6-4-7-15)10-11-18(16)25(14)23(27)21-19(28-2)8-5-9-20(21)29-3/h5,8-13,15H,4,6-7H2,1-3H3,(H,24,26). The number of hydrogen-bond donors (Lipinski definition) is 1. The number of methoxy groups -OCH3 is 2. The van der Waals surface area contributed by atoms with Gasteiger partial charge >= 0.3 is 0 Å². The third kappa shape index (κ3) is 3.35. The molecular weight excluding hydrogens is 368 g/mol. The summed E-state index contributed by atoms with van der Waals surface area (Å²) in [4.78, 5) is 25.7. The van der Waals surface area contributed by atoms with Crippen molar-refractivity contribution in [2.45, 2.75) is 26.2 Å². The van der Waals surface area contributed by atoms with Crippen LogP contribution >= 0.6 is 0 Å². The Bertz CT molecular complexity index is 1070. The van der Waals surface area contributed by atoms with Crippen molar-refractivity contribution in [1.29, 1.82) is 0 Å². The van der Waals surface area contributed by atoms with E-state index in [0.29, 0.717) is 17.1 Å². The predicted molar refractivity (Wildman–Crippen MR) is 112 cm³/mol. The molecular formula is C23H24N2O4. The fraction of sp³-hybridized carbons (Fsp3) is 0.304. The van der Waals surface area contributed by atoms with Crippen molar-refractivity contribution in [3.05, 3.63) is 53.7 Å². The summed E-state index contributed by atoms with van der Waals surface area (Å²) in [6.45, 7) is 1.88. The average molecular weight is 392 g/mol. The molecule has 0 bridgehead atoms. The van der Waals surface area contributed by atoms with Crippen molar-refractivity contribution < 1.29 is 19.1 Å². The van der Waals surface area contributed by atoms with Gasteiger partial charge < -0.3 is 14.8 Å². The summed E-state index contributed by atoms with van der Waals surface area (Å²) in [6.07, 6.45) is 3.03. The molecule has 1 amide bonds. The minimum Gasteiger partial charge on any atom is -0.496 e. The summed E-state index contributed by atoms with van der Waals surface area (Å²) >= 11 is 0. The number of hydrogen-bond acceptors (Lipinski definition) is 4. The number of rotatable bonds is 5. The Morgan fingerprint density at radius 1 is 1.03 bits per heavy atom. The number of amides is 1. The number of benzene rings is 2. The van der Waals surface area contributed by atoms with Gasteiger partial charge in [0.25, 0.3) is 5.91 Å². The van der Waals surface area contributed by atoms with E-state index in [1.165, 1.54) is 14.2 Å². The number of aromatic nitrogens is 1. The summed E-state index contributed by atoms with van der Waals surface area (Å²) in [7, 11) is 3.06. The first-order chi connectivity index (χ1) is 14.0. The van der Waals surface area contributed by atoms with Gasteiger partial charge in [-0.1, -0.05) is 12.5 Å². The number of ether oxygens (including phenoxy) is 2. The van der Waals surface area contributed by atoms with Gasteiger partial charge in [-0.3, -0.25) is 14.2 Å². The van der Waals surface area contributed by atoms with E-state index in [4.69, 9.17) is 9.47 Å². The maximum Gasteiger partial charge on any atom is 0.270 e. The first-order valence-corrected chi connectivity index (χ1v) is 9.72. The Morgan fingerprint density at radius 2 is 1.72 bits per heavy atom. The van der Waals surface area contributed by atoms with Crippen LogP contribution in [0.15, 0.2) is 42.5 Å². The van der Waals surface area contributed by atoms with Gasteiger partial charge in [0.2, 0.25) is 5.91 Å². The van der Waals surface area contributed by atoms with Crippen molar-refractivity contribution in [2.24, 2.45) is 5.92 Å². The van der Waals surface area contributed by atoms with E-state index in [1.54, 1.807) is 22.8 Å². The molecule has 4 rings (SSSR count). The topological polar surface area (TPSA) is 69.6 Å². The maximum absolute atomic E-state index is 13.4. The average Bonchev–Trinajstić information content (AvgIpc) is 3.00. The molecule has 0 saturated heterocycles. The highest BCUT2D eigenvalue weighted by atomic mass is 16.5. The summed E-state index contributed by atoms with van der Waals surface area (Å²) in [5, 5.41) is 3.87. The summed E-state index contributed by atoms with van der Waals surface area (Å²) in [6, 6.07) is 12.8.